The number of nitrogens with zero attached hydrogens (tertiary/aromatic N) is 2. The van der Waals surface area contributed by atoms with Crippen LogP contribution in [0.2, 0.25) is 10.0 Å². The van der Waals surface area contributed by atoms with Crippen LogP contribution in [0.15, 0.2) is 67.1 Å². The fourth-order valence-corrected chi connectivity index (χ4v) is 4.69. The van der Waals surface area contributed by atoms with Gasteiger partial charge in [-0.15, -0.1) is 0 Å². The van der Waals surface area contributed by atoms with E-state index in [1.807, 2.05) is 6.07 Å². The van der Waals surface area contributed by atoms with Crippen LogP contribution in [0.25, 0.3) is 27.6 Å². The van der Waals surface area contributed by atoms with Gasteiger partial charge in [-0.05, 0) is 54.9 Å². The molecule has 0 radical (unpaired) electrons. The van der Waals surface area contributed by atoms with E-state index in [-0.39, 0.29) is 6.61 Å². The molecule has 0 fully saturated rings. The molecule has 0 aliphatic carbocycles. The van der Waals surface area contributed by atoms with Gasteiger partial charge in [0.15, 0.2) is 0 Å². The zero-order valence-corrected chi connectivity index (χ0v) is 20.2. The average molecular weight is 492 g/mol. The van der Waals surface area contributed by atoms with Crippen molar-refractivity contribution < 1.29 is 9.53 Å². The Bertz CT molecular complexity index is 1390. The molecule has 0 unspecified atom stereocenters. The Morgan fingerprint density at radius 1 is 1.12 bits per heavy atom. The van der Waals surface area contributed by atoms with Crippen molar-refractivity contribution >= 4 is 45.6 Å². The fourth-order valence-electron chi connectivity index (χ4n) is 4.18. The quantitative estimate of drug-likeness (QED) is 0.319. The summed E-state index contributed by atoms with van der Waals surface area (Å²) in [5.41, 5.74) is 6.44. The van der Waals surface area contributed by atoms with Crippen LogP contribution in [0.1, 0.15) is 27.9 Å². The largest absolute Gasteiger partial charge is 0.457 e. The van der Waals surface area contributed by atoms with Gasteiger partial charge in [-0.25, -0.2) is 4.79 Å². The first-order valence-corrected chi connectivity index (χ1v) is 11.8. The van der Waals surface area contributed by atoms with E-state index >= 15 is 0 Å². The molecule has 1 aliphatic heterocycles. The molecule has 2 aromatic carbocycles. The summed E-state index contributed by atoms with van der Waals surface area (Å²) < 4.78 is 5.47. The summed E-state index contributed by atoms with van der Waals surface area (Å²) in [6, 6.07) is 13.2. The van der Waals surface area contributed by atoms with E-state index in [9.17, 15) is 4.79 Å². The zero-order chi connectivity index (χ0) is 23.7. The highest BCUT2D eigenvalue weighted by molar-refractivity contribution is 6.36. The molecular weight excluding hydrogens is 469 g/mol. The Balaban J connectivity index is 1.40. The number of fused-ring (bicyclic) bond motifs is 1. The maximum absolute atomic E-state index is 12.7. The van der Waals surface area contributed by atoms with Crippen molar-refractivity contribution in [1.29, 1.82) is 0 Å². The predicted molar refractivity (Wildman–Crippen MR) is 137 cm³/mol. The number of nitrogens with one attached hydrogen (secondary N) is 1. The minimum absolute atomic E-state index is 0.00939. The SMILES string of the molecule is CN1CC=C(c2c[nH]c3ccc(-c4cncc(C(=O)OCc5c(Cl)cccc5Cl)c4)cc23)CC1. The monoisotopic (exact) mass is 491 g/mol. The molecule has 34 heavy (non-hydrogen) atoms. The molecule has 2 aromatic heterocycles. The molecule has 5 nitrogen and oxygen atoms in total. The highest BCUT2D eigenvalue weighted by atomic mass is 35.5. The Morgan fingerprint density at radius 3 is 2.71 bits per heavy atom. The number of carbonyl (C=O) groups excluding carboxylic acids is 1. The molecule has 1 N–H and O–H groups in total. The zero-order valence-electron chi connectivity index (χ0n) is 18.6. The number of hydrogen-bond acceptors (Lipinski definition) is 4. The Hall–Kier alpha value is -3.12. The summed E-state index contributed by atoms with van der Waals surface area (Å²) in [5, 5.41) is 2.08. The van der Waals surface area contributed by atoms with Crippen LogP contribution < -0.4 is 0 Å². The van der Waals surface area contributed by atoms with Crippen molar-refractivity contribution in [3.63, 3.8) is 0 Å². The van der Waals surface area contributed by atoms with Gasteiger partial charge in [0.1, 0.15) is 6.61 Å². The number of aromatic amines is 1. The molecule has 4 aromatic rings. The van der Waals surface area contributed by atoms with E-state index < -0.39 is 5.97 Å². The molecule has 3 heterocycles. The third-order valence-electron chi connectivity index (χ3n) is 6.16. The number of benzene rings is 2. The third-order valence-corrected chi connectivity index (χ3v) is 6.86. The van der Waals surface area contributed by atoms with Crippen LogP contribution in [-0.2, 0) is 11.3 Å². The highest BCUT2D eigenvalue weighted by Crippen LogP contribution is 2.32. The molecule has 172 valence electrons. The molecule has 1 aliphatic rings. The maximum atomic E-state index is 12.7. The fraction of sp³-hybridized carbons (Fsp3) is 0.185. The van der Waals surface area contributed by atoms with E-state index in [1.165, 1.54) is 17.3 Å². The standard InChI is InChI=1S/C27H23Cl2N3O2/c1-32-9-7-17(8-10-32)22-15-31-26-6-5-18(12-21(22)26)19-11-20(14-30-13-19)27(33)34-16-23-24(28)3-2-4-25(23)29/h2-7,11-15,31H,8-10,16H2,1H3. The summed E-state index contributed by atoms with van der Waals surface area (Å²) in [7, 11) is 2.13. The number of pyridine rings is 1. The smallest absolute Gasteiger partial charge is 0.340 e. The lowest BCUT2D eigenvalue weighted by Crippen LogP contribution is -2.23. The molecule has 0 saturated heterocycles. The number of rotatable bonds is 5. The lowest BCUT2D eigenvalue weighted by Gasteiger charge is -2.21. The molecule has 5 rings (SSSR count). The minimum atomic E-state index is -0.481. The van der Waals surface area contributed by atoms with Crippen molar-refractivity contribution in [3.8, 4) is 11.1 Å². The number of carbonyl (C=O) groups is 1. The molecule has 0 saturated carbocycles. The Kier molecular flexibility index (Phi) is 6.42. The van der Waals surface area contributed by atoms with Crippen molar-refractivity contribution in [2.45, 2.75) is 13.0 Å². The first-order chi connectivity index (χ1) is 16.5. The van der Waals surface area contributed by atoms with E-state index in [1.54, 1.807) is 30.5 Å². The van der Waals surface area contributed by atoms with Gasteiger partial charge >= 0.3 is 5.97 Å². The minimum Gasteiger partial charge on any atom is -0.457 e. The lowest BCUT2D eigenvalue weighted by molar-refractivity contribution is 0.0472. The van der Waals surface area contributed by atoms with Gasteiger partial charge in [0.05, 0.1) is 5.56 Å². The number of aromatic nitrogens is 2. The second kappa shape index (κ2) is 9.63. The van der Waals surface area contributed by atoms with Crippen molar-refractivity contribution in [1.82, 2.24) is 14.9 Å². The second-order valence-corrected chi connectivity index (χ2v) is 9.26. The van der Waals surface area contributed by atoms with Crippen molar-refractivity contribution in [2.75, 3.05) is 20.1 Å². The highest BCUT2D eigenvalue weighted by Gasteiger charge is 2.16. The van der Waals surface area contributed by atoms with Gasteiger partial charge in [0.2, 0.25) is 0 Å². The summed E-state index contributed by atoms with van der Waals surface area (Å²) in [5.74, 6) is -0.481. The van der Waals surface area contributed by atoms with Crippen molar-refractivity contribution in [2.24, 2.45) is 0 Å². The number of hydrogen-bond donors (Lipinski definition) is 1. The van der Waals surface area contributed by atoms with Crippen LogP contribution >= 0.6 is 23.2 Å². The number of likely N-dealkylation sites (N-methyl/N-ethyl adjacent to an activating group) is 1. The molecule has 7 heteroatoms. The molecular formula is C27H23Cl2N3O2. The summed E-state index contributed by atoms with van der Waals surface area (Å²) in [6.45, 7) is 1.99. The van der Waals surface area contributed by atoms with E-state index in [0.29, 0.717) is 21.2 Å². The van der Waals surface area contributed by atoms with Gasteiger partial charge in [0.25, 0.3) is 0 Å². The molecule has 0 spiro atoms. The summed E-state index contributed by atoms with van der Waals surface area (Å²) in [6.07, 6.45) is 8.65. The Labute approximate surface area is 208 Å². The number of H-pyrrole nitrogens is 1. The summed E-state index contributed by atoms with van der Waals surface area (Å²) >= 11 is 12.4. The van der Waals surface area contributed by atoms with Crippen molar-refractivity contribution in [3.05, 3.63) is 93.9 Å². The number of halogens is 2. The van der Waals surface area contributed by atoms with E-state index in [0.717, 1.165) is 41.5 Å². The second-order valence-electron chi connectivity index (χ2n) is 8.44. The topological polar surface area (TPSA) is 58.2 Å². The normalized spacial score (nSPS) is 14.3. The Morgan fingerprint density at radius 2 is 1.94 bits per heavy atom. The van der Waals surface area contributed by atoms with Gasteiger partial charge in [-0.1, -0.05) is 41.4 Å². The third kappa shape index (κ3) is 4.60. The molecule has 0 bridgehead atoms. The average Bonchev–Trinajstić information content (AvgIpc) is 3.27. The first-order valence-electron chi connectivity index (χ1n) is 11.0. The van der Waals surface area contributed by atoms with Crippen LogP contribution in [0.3, 0.4) is 0 Å². The van der Waals surface area contributed by atoms with Gasteiger partial charge < -0.3 is 14.6 Å². The van der Waals surface area contributed by atoms with E-state index in [4.69, 9.17) is 27.9 Å². The molecule has 0 atom stereocenters. The predicted octanol–water partition coefficient (Wildman–Crippen LogP) is 6.61. The lowest BCUT2D eigenvalue weighted by atomic mass is 9.97. The van der Waals surface area contributed by atoms with Crippen LogP contribution in [0, 0.1) is 0 Å². The summed E-state index contributed by atoms with van der Waals surface area (Å²) in [4.78, 5) is 22.7. The van der Waals surface area contributed by atoms with Crippen LogP contribution in [0.4, 0.5) is 0 Å². The van der Waals surface area contributed by atoms with E-state index in [2.05, 4.69) is 46.3 Å². The van der Waals surface area contributed by atoms with Crippen LogP contribution in [-0.4, -0.2) is 41.0 Å². The number of esters is 1. The maximum Gasteiger partial charge on any atom is 0.340 e. The molecule has 0 amide bonds. The first kappa shape index (κ1) is 22.7. The van der Waals surface area contributed by atoms with Gasteiger partial charge in [0, 0.05) is 69.3 Å². The number of ether oxygens (including phenoxy) is 1. The van der Waals surface area contributed by atoms with Gasteiger partial charge in [-0.3, -0.25) is 4.98 Å². The van der Waals surface area contributed by atoms with Gasteiger partial charge in [-0.2, -0.15) is 0 Å². The van der Waals surface area contributed by atoms with Crippen LogP contribution in [0.5, 0.6) is 0 Å².